The van der Waals surface area contributed by atoms with Crippen LogP contribution in [0.3, 0.4) is 0 Å². The average molecular weight is 241 g/mol. The van der Waals surface area contributed by atoms with Crippen LogP contribution in [0.25, 0.3) is 0 Å². The molecule has 2 unspecified atom stereocenters. The van der Waals surface area contributed by atoms with Crippen LogP contribution in [0, 0.1) is 12.8 Å². The van der Waals surface area contributed by atoms with Crippen molar-refractivity contribution >= 4 is 15.9 Å². The topological polar surface area (TPSA) is 0 Å². The smallest absolute Gasteiger partial charge is 0.0146 e. The Kier molecular flexibility index (Phi) is 3.98. The lowest BCUT2D eigenvalue weighted by molar-refractivity contribution is 0.581. The molecule has 1 heteroatoms. The van der Waals surface area contributed by atoms with Crippen LogP contribution in [-0.4, -0.2) is 4.83 Å². The lowest BCUT2D eigenvalue weighted by Gasteiger charge is -2.14. The summed E-state index contributed by atoms with van der Waals surface area (Å²) in [7, 11) is 0. The van der Waals surface area contributed by atoms with Gasteiger partial charge in [0.15, 0.2) is 0 Å². The Morgan fingerprint density at radius 2 is 2.00 bits per heavy atom. The van der Waals surface area contributed by atoms with Crippen molar-refractivity contribution < 1.29 is 0 Å². The first-order valence-corrected chi connectivity index (χ1v) is 5.71. The second-order valence-electron chi connectivity index (χ2n) is 3.85. The van der Waals surface area contributed by atoms with Gasteiger partial charge in [0.1, 0.15) is 0 Å². The Bertz CT molecular complexity index is 266. The van der Waals surface area contributed by atoms with Gasteiger partial charge in [0.25, 0.3) is 0 Å². The molecule has 0 aliphatic heterocycles. The van der Waals surface area contributed by atoms with E-state index in [2.05, 4.69) is 61.0 Å². The minimum Gasteiger partial charge on any atom is -0.0891 e. The van der Waals surface area contributed by atoms with E-state index in [0.29, 0.717) is 10.7 Å². The van der Waals surface area contributed by atoms with E-state index in [1.165, 1.54) is 11.1 Å². The van der Waals surface area contributed by atoms with Gasteiger partial charge >= 0.3 is 0 Å². The van der Waals surface area contributed by atoms with Gasteiger partial charge in [-0.25, -0.2) is 0 Å². The van der Waals surface area contributed by atoms with Crippen molar-refractivity contribution in [1.29, 1.82) is 0 Å². The molecule has 0 aliphatic rings. The predicted molar refractivity (Wildman–Crippen MR) is 62.4 cm³/mol. The van der Waals surface area contributed by atoms with E-state index in [1.807, 2.05) is 0 Å². The van der Waals surface area contributed by atoms with Gasteiger partial charge < -0.3 is 0 Å². The van der Waals surface area contributed by atoms with E-state index in [4.69, 9.17) is 0 Å². The van der Waals surface area contributed by atoms with Gasteiger partial charge in [0, 0.05) is 4.83 Å². The van der Waals surface area contributed by atoms with E-state index in [0.717, 1.165) is 6.42 Å². The first kappa shape index (κ1) is 10.8. The first-order valence-electron chi connectivity index (χ1n) is 4.79. The molecule has 0 saturated carbocycles. The highest BCUT2D eigenvalue weighted by atomic mass is 79.9. The summed E-state index contributed by atoms with van der Waals surface area (Å²) in [5, 5.41) is 0. The zero-order valence-electron chi connectivity index (χ0n) is 8.55. The summed E-state index contributed by atoms with van der Waals surface area (Å²) < 4.78 is 0. The minimum absolute atomic E-state index is 0.591. The van der Waals surface area contributed by atoms with Gasteiger partial charge in [0.05, 0.1) is 0 Å². The van der Waals surface area contributed by atoms with Crippen LogP contribution in [0.5, 0.6) is 0 Å². The Morgan fingerprint density at radius 3 is 2.54 bits per heavy atom. The van der Waals surface area contributed by atoms with Crippen LogP contribution in [0.1, 0.15) is 25.0 Å². The zero-order chi connectivity index (χ0) is 9.84. The number of aryl methyl sites for hydroxylation is 1. The number of benzene rings is 1. The van der Waals surface area contributed by atoms with E-state index in [9.17, 15) is 0 Å². The molecule has 0 bridgehead atoms. The van der Waals surface area contributed by atoms with Crippen LogP contribution in [0.4, 0.5) is 0 Å². The maximum atomic E-state index is 3.62. The van der Waals surface area contributed by atoms with E-state index in [-0.39, 0.29) is 0 Å². The van der Waals surface area contributed by atoms with Gasteiger partial charge in [-0.05, 0) is 24.8 Å². The van der Waals surface area contributed by atoms with Crippen molar-refractivity contribution in [3.05, 3.63) is 35.4 Å². The van der Waals surface area contributed by atoms with Gasteiger partial charge in [-0.15, -0.1) is 0 Å². The number of hydrogen-bond donors (Lipinski definition) is 0. The zero-order valence-corrected chi connectivity index (χ0v) is 10.1. The fourth-order valence-electron chi connectivity index (χ4n) is 1.37. The number of hydrogen-bond acceptors (Lipinski definition) is 0. The average Bonchev–Trinajstić information content (AvgIpc) is 2.04. The van der Waals surface area contributed by atoms with Crippen LogP contribution >= 0.6 is 15.9 Å². The Morgan fingerprint density at radius 1 is 1.31 bits per heavy atom. The molecule has 0 amide bonds. The third-order valence-electron chi connectivity index (χ3n) is 2.42. The normalized spacial score (nSPS) is 15.4. The fraction of sp³-hybridized carbons (Fsp3) is 0.500. The Hall–Kier alpha value is -0.300. The molecule has 1 rings (SSSR count). The lowest BCUT2D eigenvalue weighted by Crippen LogP contribution is -2.09. The third kappa shape index (κ3) is 3.51. The summed E-state index contributed by atoms with van der Waals surface area (Å²) in [6, 6.07) is 8.76. The molecule has 2 atom stereocenters. The second-order valence-corrected chi connectivity index (χ2v) is 5.29. The van der Waals surface area contributed by atoms with Crippen molar-refractivity contribution in [2.75, 3.05) is 0 Å². The molecule has 0 fully saturated rings. The highest BCUT2D eigenvalue weighted by Gasteiger charge is 2.08. The number of halogens is 1. The molecule has 0 aromatic heterocycles. The summed E-state index contributed by atoms with van der Waals surface area (Å²) in [4.78, 5) is 0.591. The third-order valence-corrected chi connectivity index (χ3v) is 3.33. The molecule has 0 nitrogen and oxygen atoms in total. The molecule has 0 N–H and O–H groups in total. The van der Waals surface area contributed by atoms with Crippen LogP contribution in [0.2, 0.25) is 0 Å². The monoisotopic (exact) mass is 240 g/mol. The van der Waals surface area contributed by atoms with Gasteiger partial charge in [0.2, 0.25) is 0 Å². The fourth-order valence-corrected chi connectivity index (χ4v) is 1.56. The molecule has 0 heterocycles. The van der Waals surface area contributed by atoms with Crippen LogP contribution < -0.4 is 0 Å². The van der Waals surface area contributed by atoms with E-state index >= 15 is 0 Å². The quantitative estimate of drug-likeness (QED) is 0.703. The first-order chi connectivity index (χ1) is 6.09. The Labute approximate surface area is 89.5 Å². The maximum Gasteiger partial charge on any atom is 0.0146 e. The summed E-state index contributed by atoms with van der Waals surface area (Å²) in [5.74, 6) is 0.696. The highest BCUT2D eigenvalue weighted by Crippen LogP contribution is 2.17. The molecule has 0 saturated heterocycles. The number of alkyl halides is 1. The standard InChI is InChI=1S/C12H17Br/c1-9-5-4-6-12(7-9)8-10(2)11(3)13/h4-7,10-11H,8H2,1-3H3. The van der Waals surface area contributed by atoms with Crippen molar-refractivity contribution in [1.82, 2.24) is 0 Å². The van der Waals surface area contributed by atoms with Crippen molar-refractivity contribution in [3.8, 4) is 0 Å². The molecule has 1 aromatic rings. The van der Waals surface area contributed by atoms with Gasteiger partial charge in [-0.3, -0.25) is 0 Å². The van der Waals surface area contributed by atoms with Gasteiger partial charge in [-0.2, -0.15) is 0 Å². The molecule has 1 aromatic carbocycles. The molecular formula is C12H17Br. The summed E-state index contributed by atoms with van der Waals surface area (Å²) in [6.07, 6.45) is 1.16. The molecule has 0 spiro atoms. The van der Waals surface area contributed by atoms with Crippen molar-refractivity contribution in [2.45, 2.75) is 32.0 Å². The molecule has 0 aliphatic carbocycles. The summed E-state index contributed by atoms with van der Waals surface area (Å²) >= 11 is 3.62. The second kappa shape index (κ2) is 4.80. The van der Waals surface area contributed by atoms with Crippen LogP contribution in [0.15, 0.2) is 24.3 Å². The van der Waals surface area contributed by atoms with Crippen molar-refractivity contribution in [3.63, 3.8) is 0 Å². The van der Waals surface area contributed by atoms with E-state index in [1.54, 1.807) is 0 Å². The van der Waals surface area contributed by atoms with Crippen molar-refractivity contribution in [2.24, 2.45) is 5.92 Å². The van der Waals surface area contributed by atoms with Gasteiger partial charge in [-0.1, -0.05) is 59.6 Å². The highest BCUT2D eigenvalue weighted by molar-refractivity contribution is 9.09. The maximum absolute atomic E-state index is 3.62. The summed E-state index contributed by atoms with van der Waals surface area (Å²) in [5.41, 5.74) is 2.80. The lowest BCUT2D eigenvalue weighted by atomic mass is 9.98. The minimum atomic E-state index is 0.591. The molecule has 0 radical (unpaired) electrons. The molecule has 13 heavy (non-hydrogen) atoms. The SMILES string of the molecule is Cc1cccc(CC(C)C(C)Br)c1. The molecule has 72 valence electrons. The largest absolute Gasteiger partial charge is 0.0891 e. The van der Waals surface area contributed by atoms with Crippen LogP contribution in [-0.2, 0) is 6.42 Å². The Balaban J connectivity index is 2.64. The summed E-state index contributed by atoms with van der Waals surface area (Å²) in [6.45, 7) is 6.63. The van der Waals surface area contributed by atoms with E-state index < -0.39 is 0 Å². The molecular weight excluding hydrogens is 224 g/mol. The number of rotatable bonds is 3. The predicted octanol–water partition coefficient (Wildman–Crippen LogP) is 3.96.